The number of carbonyl (C=O) groups is 3. The Hall–Kier alpha value is -3.81. The second-order valence-electron chi connectivity index (χ2n) is 8.94. The van der Waals surface area contributed by atoms with Gasteiger partial charge in [0.1, 0.15) is 5.60 Å². The monoisotopic (exact) mass is 501 g/mol. The summed E-state index contributed by atoms with van der Waals surface area (Å²) in [6, 6.07) is 26.7. The third-order valence-electron chi connectivity index (χ3n) is 6.44. The molecule has 1 aliphatic rings. The maximum atomic E-state index is 12.7. The molecule has 0 aliphatic carbocycles. The minimum Gasteiger partial charge on any atom is -0.396 e. The summed E-state index contributed by atoms with van der Waals surface area (Å²) in [6.07, 6.45) is 3.57. The molecule has 7 heteroatoms. The number of nitrogens with zero attached hydrogens (tertiary/aromatic N) is 1. The van der Waals surface area contributed by atoms with Gasteiger partial charge in [0.05, 0.1) is 5.56 Å². The molecular weight excluding hydrogens is 470 g/mol. The van der Waals surface area contributed by atoms with E-state index in [1.54, 1.807) is 12.1 Å². The van der Waals surface area contributed by atoms with Gasteiger partial charge in [-0.15, -0.1) is 5.06 Å². The number of benzene rings is 3. The van der Waals surface area contributed by atoms with E-state index in [0.29, 0.717) is 11.7 Å². The van der Waals surface area contributed by atoms with Gasteiger partial charge in [-0.2, -0.15) is 0 Å². The van der Waals surface area contributed by atoms with Gasteiger partial charge in [0.15, 0.2) is 0 Å². The highest BCUT2D eigenvalue weighted by Gasteiger charge is 2.38. The summed E-state index contributed by atoms with van der Waals surface area (Å²) in [6.45, 7) is 0.686. The summed E-state index contributed by atoms with van der Waals surface area (Å²) >= 11 is 0. The van der Waals surface area contributed by atoms with Crippen LogP contribution < -0.4 is 0 Å². The predicted octanol–water partition coefficient (Wildman–Crippen LogP) is 4.77. The van der Waals surface area contributed by atoms with E-state index < -0.39 is 23.4 Å². The quantitative estimate of drug-likeness (QED) is 0.218. The van der Waals surface area contributed by atoms with Gasteiger partial charge in [-0.1, -0.05) is 85.6 Å². The van der Waals surface area contributed by atoms with Gasteiger partial charge in [-0.05, 0) is 41.7 Å². The average Bonchev–Trinajstić information content (AvgIpc) is 3.26. The summed E-state index contributed by atoms with van der Waals surface area (Å²) in [4.78, 5) is 41.4. The van der Waals surface area contributed by atoms with E-state index in [9.17, 15) is 14.4 Å². The molecule has 0 saturated carbocycles. The number of rotatable bonds is 12. The molecule has 1 aliphatic heterocycles. The van der Waals surface area contributed by atoms with Crippen LogP contribution in [0.5, 0.6) is 0 Å². The Morgan fingerprint density at radius 2 is 1.24 bits per heavy atom. The number of ether oxygens (including phenoxy) is 1. The van der Waals surface area contributed by atoms with Crippen LogP contribution in [0, 0.1) is 0 Å². The molecule has 4 rings (SSSR count). The van der Waals surface area contributed by atoms with Gasteiger partial charge in [-0.3, -0.25) is 9.59 Å². The molecule has 1 heterocycles. The van der Waals surface area contributed by atoms with Crippen molar-refractivity contribution in [1.29, 1.82) is 0 Å². The van der Waals surface area contributed by atoms with E-state index >= 15 is 0 Å². The number of aliphatic hydroxyl groups is 1. The molecule has 3 aromatic carbocycles. The third-order valence-corrected chi connectivity index (χ3v) is 6.44. The average molecular weight is 502 g/mol. The first kappa shape index (κ1) is 26.3. The number of imide groups is 1. The van der Waals surface area contributed by atoms with E-state index in [0.717, 1.165) is 42.4 Å². The molecule has 7 nitrogen and oxygen atoms in total. The van der Waals surface area contributed by atoms with Crippen molar-refractivity contribution in [3.05, 3.63) is 107 Å². The highest BCUT2D eigenvalue weighted by Crippen LogP contribution is 2.40. The Morgan fingerprint density at radius 1 is 0.730 bits per heavy atom. The highest BCUT2D eigenvalue weighted by atomic mass is 16.7. The van der Waals surface area contributed by atoms with Crippen molar-refractivity contribution >= 4 is 17.8 Å². The van der Waals surface area contributed by atoms with E-state index in [2.05, 4.69) is 0 Å². The molecule has 2 amide bonds. The van der Waals surface area contributed by atoms with Gasteiger partial charge in [0, 0.05) is 26.1 Å². The second-order valence-corrected chi connectivity index (χ2v) is 8.94. The summed E-state index contributed by atoms with van der Waals surface area (Å²) in [5.74, 6) is -1.81. The largest absolute Gasteiger partial charge is 0.396 e. The van der Waals surface area contributed by atoms with E-state index in [4.69, 9.17) is 14.7 Å². The molecule has 1 N–H and O–H groups in total. The number of aliphatic hydroxyl groups excluding tert-OH is 1. The lowest BCUT2D eigenvalue weighted by Crippen LogP contribution is -2.34. The molecule has 3 aromatic rings. The number of hydroxylamine groups is 2. The minimum absolute atomic E-state index is 0.0407. The van der Waals surface area contributed by atoms with Crippen LogP contribution in [0.3, 0.4) is 0 Å². The fourth-order valence-corrected chi connectivity index (χ4v) is 4.52. The second kappa shape index (κ2) is 12.4. The molecule has 0 bridgehead atoms. The van der Waals surface area contributed by atoms with Gasteiger partial charge in [0.2, 0.25) is 0 Å². The maximum Gasteiger partial charge on any atom is 0.363 e. The van der Waals surface area contributed by atoms with Crippen LogP contribution in [-0.4, -0.2) is 41.2 Å². The summed E-state index contributed by atoms with van der Waals surface area (Å²) in [7, 11) is 0. The molecule has 0 atom stereocenters. The Balaban J connectivity index is 1.66. The van der Waals surface area contributed by atoms with Crippen LogP contribution in [0.1, 0.15) is 65.6 Å². The number of hydrogen-bond donors (Lipinski definition) is 1. The lowest BCUT2D eigenvalue weighted by atomic mass is 9.79. The van der Waals surface area contributed by atoms with Gasteiger partial charge >= 0.3 is 5.97 Å². The first-order chi connectivity index (χ1) is 18.1. The zero-order valence-corrected chi connectivity index (χ0v) is 20.7. The lowest BCUT2D eigenvalue weighted by Gasteiger charge is -2.36. The molecule has 192 valence electrons. The summed E-state index contributed by atoms with van der Waals surface area (Å²) < 4.78 is 6.73. The lowest BCUT2D eigenvalue weighted by molar-refractivity contribution is -0.172. The van der Waals surface area contributed by atoms with E-state index in [1.807, 2.05) is 72.8 Å². The van der Waals surface area contributed by atoms with Gasteiger partial charge < -0.3 is 14.7 Å². The van der Waals surface area contributed by atoms with Gasteiger partial charge in [0.25, 0.3) is 11.8 Å². The van der Waals surface area contributed by atoms with Crippen molar-refractivity contribution in [2.45, 2.75) is 44.1 Å². The number of unbranched alkanes of at least 4 members (excludes halogenated alkanes) is 3. The van der Waals surface area contributed by atoms with Crippen LogP contribution >= 0.6 is 0 Å². The topological polar surface area (TPSA) is 93.1 Å². The molecule has 1 fully saturated rings. The SMILES string of the molecule is O=C(ON1C(=O)CCC1=O)c1ccc(C(OCCCCCCO)(c2ccccc2)c2ccccc2)cc1. The van der Waals surface area contributed by atoms with Crippen molar-refractivity contribution < 1.29 is 29.1 Å². The smallest absolute Gasteiger partial charge is 0.363 e. The van der Waals surface area contributed by atoms with Crippen molar-refractivity contribution in [3.8, 4) is 0 Å². The summed E-state index contributed by atoms with van der Waals surface area (Å²) in [5.41, 5.74) is 2.00. The van der Waals surface area contributed by atoms with Crippen molar-refractivity contribution in [3.63, 3.8) is 0 Å². The van der Waals surface area contributed by atoms with E-state index in [-0.39, 0.29) is 25.0 Å². The highest BCUT2D eigenvalue weighted by molar-refractivity contribution is 6.02. The first-order valence-corrected chi connectivity index (χ1v) is 12.6. The number of carbonyl (C=O) groups excluding carboxylic acids is 3. The fraction of sp³-hybridized carbons (Fsp3) is 0.300. The molecule has 0 aromatic heterocycles. The van der Waals surface area contributed by atoms with Crippen molar-refractivity contribution in [2.75, 3.05) is 13.2 Å². The Morgan fingerprint density at radius 3 is 1.78 bits per heavy atom. The molecule has 0 unspecified atom stereocenters. The predicted molar refractivity (Wildman–Crippen MR) is 137 cm³/mol. The zero-order chi connectivity index (χ0) is 26.1. The van der Waals surface area contributed by atoms with Crippen LogP contribution in [-0.2, 0) is 24.8 Å². The Kier molecular flexibility index (Phi) is 8.82. The van der Waals surface area contributed by atoms with Crippen LogP contribution in [0.15, 0.2) is 84.9 Å². The Labute approximate surface area is 216 Å². The van der Waals surface area contributed by atoms with Crippen LogP contribution in [0.25, 0.3) is 0 Å². The maximum absolute atomic E-state index is 12.7. The molecular formula is C30H31NO6. The molecule has 37 heavy (non-hydrogen) atoms. The molecule has 1 saturated heterocycles. The van der Waals surface area contributed by atoms with Crippen molar-refractivity contribution in [2.24, 2.45) is 0 Å². The minimum atomic E-state index is -0.928. The molecule has 0 spiro atoms. The first-order valence-electron chi connectivity index (χ1n) is 12.6. The third kappa shape index (κ3) is 5.96. The normalized spacial score (nSPS) is 13.7. The van der Waals surface area contributed by atoms with Crippen molar-refractivity contribution in [1.82, 2.24) is 5.06 Å². The number of hydrogen-bond acceptors (Lipinski definition) is 6. The Bertz CT molecular complexity index is 1140. The van der Waals surface area contributed by atoms with Crippen LogP contribution in [0.2, 0.25) is 0 Å². The van der Waals surface area contributed by atoms with E-state index in [1.165, 1.54) is 0 Å². The standard InChI is InChI=1S/C30H31NO6/c32-21-9-1-2-10-22-36-30(24-11-5-3-6-12-24,25-13-7-4-8-14-25)26-17-15-23(16-18-26)29(35)37-31-27(33)19-20-28(31)34/h3-8,11-18,32H,1-2,9-10,19-22H2. The summed E-state index contributed by atoms with van der Waals surface area (Å²) in [5, 5.41) is 9.61. The molecule has 0 radical (unpaired) electrons. The van der Waals surface area contributed by atoms with Gasteiger partial charge in [-0.25, -0.2) is 4.79 Å². The zero-order valence-electron chi connectivity index (χ0n) is 20.7. The number of amides is 2. The fourth-order valence-electron chi connectivity index (χ4n) is 4.52. The van der Waals surface area contributed by atoms with Crippen LogP contribution in [0.4, 0.5) is 0 Å².